The van der Waals surface area contributed by atoms with Crippen LogP contribution >= 0.6 is 0 Å². The van der Waals surface area contributed by atoms with Crippen LogP contribution in [0.2, 0.25) is 0 Å². The monoisotopic (exact) mass is 307 g/mol. The lowest BCUT2D eigenvalue weighted by Gasteiger charge is -2.02. The average Bonchev–Trinajstić information content (AvgIpc) is 2.50. The Labute approximate surface area is 137 Å². The van der Waals surface area contributed by atoms with Crippen molar-refractivity contribution >= 4 is 5.97 Å². The zero-order chi connectivity index (χ0) is 16.3. The second-order valence-electron chi connectivity index (χ2n) is 6.09. The summed E-state index contributed by atoms with van der Waals surface area (Å²) in [6.07, 6.45) is 24.9. The Hall–Kier alpha value is -1.05. The number of carboxylic acid groups (broad SMARTS) is 1. The summed E-state index contributed by atoms with van der Waals surface area (Å²) >= 11 is 0. The molecule has 2 heteroatoms. The van der Waals surface area contributed by atoms with Crippen molar-refractivity contribution in [3.05, 3.63) is 24.3 Å². The highest BCUT2D eigenvalue weighted by Crippen LogP contribution is 2.10. The molecule has 0 aromatic heterocycles. The fourth-order valence-electron chi connectivity index (χ4n) is 2.45. The summed E-state index contributed by atoms with van der Waals surface area (Å²) in [5.74, 6) is -0.915. The minimum absolute atomic E-state index is 0.219. The van der Waals surface area contributed by atoms with Crippen LogP contribution in [0.25, 0.3) is 0 Å². The number of aliphatic carboxylic acids is 1. The molecule has 0 heterocycles. The van der Waals surface area contributed by atoms with E-state index in [9.17, 15) is 9.90 Å². The van der Waals surface area contributed by atoms with Gasteiger partial charge in [0.2, 0.25) is 0 Å². The summed E-state index contributed by atoms with van der Waals surface area (Å²) in [6.45, 7) is 2.25. The summed E-state index contributed by atoms with van der Waals surface area (Å²) in [6, 6.07) is 0. The molecule has 0 aliphatic carbocycles. The van der Waals surface area contributed by atoms with Crippen molar-refractivity contribution in [1.29, 1.82) is 0 Å². The Morgan fingerprint density at radius 2 is 1.18 bits per heavy atom. The molecular formula is C20H35O2-. The Balaban J connectivity index is 3.17. The standard InChI is InChI=1S/C20H36O2/c1-2-3-4-5-6-7-8-9-10-11-12-13-14-15-16-17-18-19-20(21)22/h7-10H,2-6,11-19H2,1H3,(H,21,22)/p-1/b8-7+,10-9+. The Kier molecular flexibility index (Phi) is 17.1. The van der Waals surface area contributed by atoms with Crippen molar-refractivity contribution in [2.75, 3.05) is 0 Å². The van der Waals surface area contributed by atoms with Crippen molar-refractivity contribution in [2.24, 2.45) is 0 Å². The normalized spacial score (nSPS) is 11.7. The van der Waals surface area contributed by atoms with E-state index in [1.54, 1.807) is 0 Å². The highest BCUT2D eigenvalue weighted by Gasteiger charge is 1.92. The van der Waals surface area contributed by atoms with Crippen LogP contribution in [0.5, 0.6) is 0 Å². The molecule has 0 rings (SSSR count). The van der Waals surface area contributed by atoms with Crippen molar-refractivity contribution in [2.45, 2.75) is 96.8 Å². The molecule has 0 aromatic carbocycles. The molecule has 2 nitrogen and oxygen atoms in total. The van der Waals surface area contributed by atoms with E-state index in [0.29, 0.717) is 0 Å². The van der Waals surface area contributed by atoms with Gasteiger partial charge >= 0.3 is 0 Å². The van der Waals surface area contributed by atoms with Gasteiger partial charge in [-0.25, -0.2) is 0 Å². The minimum atomic E-state index is -0.915. The number of hydrogen-bond acceptors (Lipinski definition) is 2. The van der Waals surface area contributed by atoms with Crippen LogP contribution in [0.15, 0.2) is 24.3 Å². The average molecular weight is 307 g/mol. The fraction of sp³-hybridized carbons (Fsp3) is 0.750. The van der Waals surface area contributed by atoms with Crippen molar-refractivity contribution in [3.63, 3.8) is 0 Å². The van der Waals surface area contributed by atoms with E-state index in [-0.39, 0.29) is 6.42 Å². The van der Waals surface area contributed by atoms with Gasteiger partial charge in [0.05, 0.1) is 0 Å². The summed E-state index contributed by atoms with van der Waals surface area (Å²) in [4.78, 5) is 10.2. The molecular weight excluding hydrogens is 272 g/mol. The van der Waals surface area contributed by atoms with Crippen molar-refractivity contribution in [1.82, 2.24) is 0 Å². The predicted octanol–water partition coefficient (Wildman–Crippen LogP) is 5.33. The summed E-state index contributed by atoms with van der Waals surface area (Å²) < 4.78 is 0. The third-order valence-corrected chi connectivity index (χ3v) is 3.86. The number of carbonyl (C=O) groups is 1. The number of allylic oxidation sites excluding steroid dienone is 4. The first-order valence-electron chi connectivity index (χ1n) is 9.29. The third-order valence-electron chi connectivity index (χ3n) is 3.86. The lowest BCUT2D eigenvalue weighted by molar-refractivity contribution is -0.305. The first kappa shape index (κ1) is 20.9. The molecule has 0 N–H and O–H groups in total. The van der Waals surface area contributed by atoms with Gasteiger partial charge in [-0.05, 0) is 38.5 Å². The predicted molar refractivity (Wildman–Crippen MR) is 93.6 cm³/mol. The van der Waals surface area contributed by atoms with Gasteiger partial charge in [0, 0.05) is 5.97 Å². The van der Waals surface area contributed by atoms with Crippen LogP contribution in [0, 0.1) is 0 Å². The molecule has 22 heavy (non-hydrogen) atoms. The fourth-order valence-corrected chi connectivity index (χ4v) is 2.45. The topological polar surface area (TPSA) is 40.1 Å². The van der Waals surface area contributed by atoms with Crippen LogP contribution in [-0.4, -0.2) is 5.97 Å². The zero-order valence-electron chi connectivity index (χ0n) is 14.5. The van der Waals surface area contributed by atoms with E-state index in [1.807, 2.05) is 0 Å². The van der Waals surface area contributed by atoms with Crippen molar-refractivity contribution < 1.29 is 9.90 Å². The van der Waals surface area contributed by atoms with E-state index >= 15 is 0 Å². The Morgan fingerprint density at radius 3 is 1.68 bits per heavy atom. The second kappa shape index (κ2) is 18.0. The number of carboxylic acids is 1. The molecule has 0 aromatic rings. The second-order valence-corrected chi connectivity index (χ2v) is 6.09. The number of hydrogen-bond donors (Lipinski definition) is 0. The lowest BCUT2D eigenvalue weighted by atomic mass is 10.1. The molecule has 0 amide bonds. The molecule has 0 unspecified atom stereocenters. The highest BCUT2D eigenvalue weighted by atomic mass is 16.4. The SMILES string of the molecule is CCCCCC/C=C/C=C/CCCCCCCCCC(=O)[O-]. The van der Waals surface area contributed by atoms with Crippen LogP contribution in [0.1, 0.15) is 96.8 Å². The van der Waals surface area contributed by atoms with Crippen LogP contribution in [-0.2, 0) is 4.79 Å². The van der Waals surface area contributed by atoms with E-state index in [2.05, 4.69) is 31.2 Å². The minimum Gasteiger partial charge on any atom is -0.550 e. The maximum Gasteiger partial charge on any atom is 0.0414 e. The zero-order valence-corrected chi connectivity index (χ0v) is 14.5. The maximum atomic E-state index is 10.2. The van der Waals surface area contributed by atoms with E-state index < -0.39 is 5.97 Å². The van der Waals surface area contributed by atoms with Gasteiger partial charge in [-0.1, -0.05) is 82.6 Å². The molecule has 0 atom stereocenters. The molecule has 0 saturated carbocycles. The number of unbranched alkanes of at least 4 members (excludes halogenated alkanes) is 11. The summed E-state index contributed by atoms with van der Waals surface area (Å²) in [5, 5.41) is 10.2. The summed E-state index contributed by atoms with van der Waals surface area (Å²) in [7, 11) is 0. The first-order chi connectivity index (χ1) is 10.8. The van der Waals surface area contributed by atoms with Gasteiger partial charge < -0.3 is 9.90 Å². The first-order valence-corrected chi connectivity index (χ1v) is 9.29. The van der Waals surface area contributed by atoms with Gasteiger partial charge in [-0.2, -0.15) is 0 Å². The molecule has 0 fully saturated rings. The molecule has 0 bridgehead atoms. The van der Waals surface area contributed by atoms with Gasteiger partial charge in [0.15, 0.2) is 0 Å². The van der Waals surface area contributed by atoms with Gasteiger partial charge in [0.25, 0.3) is 0 Å². The Bertz CT molecular complexity index is 292. The molecule has 128 valence electrons. The molecule has 0 saturated heterocycles. The van der Waals surface area contributed by atoms with Gasteiger partial charge in [0.1, 0.15) is 0 Å². The smallest absolute Gasteiger partial charge is 0.0414 e. The van der Waals surface area contributed by atoms with Gasteiger partial charge in [-0.15, -0.1) is 0 Å². The van der Waals surface area contributed by atoms with E-state index in [4.69, 9.17) is 0 Å². The molecule has 0 spiro atoms. The number of rotatable bonds is 16. The van der Waals surface area contributed by atoms with E-state index in [0.717, 1.165) is 19.3 Å². The quantitative estimate of drug-likeness (QED) is 0.285. The Morgan fingerprint density at radius 1 is 0.727 bits per heavy atom. The largest absolute Gasteiger partial charge is 0.550 e. The van der Waals surface area contributed by atoms with Crippen molar-refractivity contribution in [3.8, 4) is 0 Å². The number of carbonyl (C=O) groups excluding carboxylic acids is 1. The molecule has 0 aliphatic heterocycles. The highest BCUT2D eigenvalue weighted by molar-refractivity contribution is 5.63. The maximum absolute atomic E-state index is 10.2. The molecule has 0 aliphatic rings. The van der Waals surface area contributed by atoms with Crippen LogP contribution in [0.4, 0.5) is 0 Å². The third kappa shape index (κ3) is 18.9. The van der Waals surface area contributed by atoms with E-state index in [1.165, 1.54) is 64.2 Å². The van der Waals surface area contributed by atoms with Gasteiger partial charge in [-0.3, -0.25) is 0 Å². The summed E-state index contributed by atoms with van der Waals surface area (Å²) in [5.41, 5.74) is 0. The lowest BCUT2D eigenvalue weighted by Crippen LogP contribution is -2.21. The van der Waals surface area contributed by atoms with Crippen LogP contribution < -0.4 is 5.11 Å². The van der Waals surface area contributed by atoms with Crippen LogP contribution in [0.3, 0.4) is 0 Å². The molecule has 0 radical (unpaired) electrons.